The summed E-state index contributed by atoms with van der Waals surface area (Å²) < 4.78 is 1.81. The molecule has 0 radical (unpaired) electrons. The first kappa shape index (κ1) is 23.7. The van der Waals surface area contributed by atoms with E-state index in [2.05, 4.69) is 25.6 Å². The average Bonchev–Trinajstić information content (AvgIpc) is 3.37. The second kappa shape index (κ2) is 11.1. The van der Waals surface area contributed by atoms with Gasteiger partial charge < -0.3 is 10.6 Å². The molecule has 2 heterocycles. The second-order valence-corrected chi connectivity index (χ2v) is 8.71. The highest BCUT2D eigenvalue weighted by molar-refractivity contribution is 6.30. The monoisotopic (exact) mass is 494 g/mol. The summed E-state index contributed by atoms with van der Waals surface area (Å²) in [4.78, 5) is 26.1. The number of hydrogen-bond donors (Lipinski definition) is 2. The lowest BCUT2D eigenvalue weighted by Crippen LogP contribution is -2.37. The number of halogens is 2. The quantitative estimate of drug-likeness (QED) is 0.346. The maximum Gasteiger partial charge on any atom is 0.242 e. The zero-order valence-corrected chi connectivity index (χ0v) is 20.1. The van der Waals surface area contributed by atoms with Gasteiger partial charge in [0, 0.05) is 41.5 Å². The number of imidazole rings is 1. The van der Waals surface area contributed by atoms with Crippen molar-refractivity contribution in [2.24, 2.45) is 0 Å². The number of nitrogens with zero attached hydrogens (tertiary/aromatic N) is 4. The van der Waals surface area contributed by atoms with E-state index < -0.39 is 6.04 Å². The van der Waals surface area contributed by atoms with Crippen molar-refractivity contribution in [3.05, 3.63) is 100 Å². The zero-order valence-electron chi connectivity index (χ0n) is 18.6. The highest BCUT2D eigenvalue weighted by Gasteiger charge is 2.15. The van der Waals surface area contributed by atoms with E-state index in [0.717, 1.165) is 17.5 Å². The Morgan fingerprint density at radius 3 is 2.56 bits per heavy atom. The zero-order chi connectivity index (χ0) is 23.9. The molecule has 0 saturated heterocycles. The van der Waals surface area contributed by atoms with Crippen LogP contribution in [0.1, 0.15) is 23.9 Å². The number of hydrogen-bond acceptors (Lipinski definition) is 5. The van der Waals surface area contributed by atoms with Crippen molar-refractivity contribution in [1.82, 2.24) is 24.8 Å². The molecule has 9 heteroatoms. The maximum absolute atomic E-state index is 12.7. The van der Waals surface area contributed by atoms with Gasteiger partial charge in [0.1, 0.15) is 29.8 Å². The van der Waals surface area contributed by atoms with Crippen molar-refractivity contribution >= 4 is 34.9 Å². The number of rotatable bonds is 9. The molecular formula is C25H24Cl2N6O. The molecule has 0 saturated carbocycles. The van der Waals surface area contributed by atoms with Crippen LogP contribution in [0.5, 0.6) is 0 Å². The third kappa shape index (κ3) is 6.56. The Hall–Kier alpha value is -3.42. The van der Waals surface area contributed by atoms with Crippen LogP contribution in [0.25, 0.3) is 5.82 Å². The second-order valence-electron chi connectivity index (χ2n) is 7.84. The minimum atomic E-state index is -0.501. The summed E-state index contributed by atoms with van der Waals surface area (Å²) in [5.41, 5.74) is 2.08. The predicted octanol–water partition coefficient (Wildman–Crippen LogP) is 4.87. The van der Waals surface area contributed by atoms with Crippen LogP contribution in [0.3, 0.4) is 0 Å². The number of aromatic nitrogens is 4. The third-order valence-corrected chi connectivity index (χ3v) is 5.68. The van der Waals surface area contributed by atoms with Crippen LogP contribution in [0, 0.1) is 0 Å². The summed E-state index contributed by atoms with van der Waals surface area (Å²) >= 11 is 12.0. The molecule has 2 N–H and O–H groups in total. The van der Waals surface area contributed by atoms with Gasteiger partial charge >= 0.3 is 0 Å². The summed E-state index contributed by atoms with van der Waals surface area (Å²) in [6.07, 6.45) is 6.54. The Balaban J connectivity index is 1.45. The highest BCUT2D eigenvalue weighted by Crippen LogP contribution is 2.16. The number of carbonyl (C=O) groups excluding carboxylic acids is 1. The van der Waals surface area contributed by atoms with E-state index in [4.69, 9.17) is 23.2 Å². The Morgan fingerprint density at radius 2 is 1.82 bits per heavy atom. The van der Waals surface area contributed by atoms with Gasteiger partial charge in [0.05, 0.1) is 0 Å². The van der Waals surface area contributed by atoms with Crippen molar-refractivity contribution in [2.45, 2.75) is 32.4 Å². The Morgan fingerprint density at radius 1 is 1.00 bits per heavy atom. The fraction of sp³-hybridized carbons (Fsp3) is 0.200. The minimum Gasteiger partial charge on any atom is -0.358 e. The van der Waals surface area contributed by atoms with Crippen LogP contribution in [0.15, 0.2) is 73.3 Å². The highest BCUT2D eigenvalue weighted by atomic mass is 35.5. The molecule has 34 heavy (non-hydrogen) atoms. The van der Waals surface area contributed by atoms with Gasteiger partial charge in [0.2, 0.25) is 5.91 Å². The van der Waals surface area contributed by atoms with E-state index in [0.29, 0.717) is 40.5 Å². The summed E-state index contributed by atoms with van der Waals surface area (Å²) in [7, 11) is 0. The fourth-order valence-electron chi connectivity index (χ4n) is 3.38. The number of carbonyl (C=O) groups is 1. The van der Waals surface area contributed by atoms with E-state index in [9.17, 15) is 4.79 Å². The normalized spacial score (nSPS) is 11.7. The molecule has 0 aliphatic carbocycles. The number of amides is 1. The average molecular weight is 495 g/mol. The van der Waals surface area contributed by atoms with Crippen LogP contribution < -0.4 is 10.6 Å². The van der Waals surface area contributed by atoms with Gasteiger partial charge in [-0.25, -0.2) is 15.0 Å². The molecule has 0 unspecified atom stereocenters. The van der Waals surface area contributed by atoms with E-state index in [1.54, 1.807) is 42.2 Å². The van der Waals surface area contributed by atoms with Gasteiger partial charge in [0.15, 0.2) is 0 Å². The van der Waals surface area contributed by atoms with Gasteiger partial charge in [-0.2, -0.15) is 0 Å². The Kier molecular flexibility index (Phi) is 7.77. The number of aryl methyl sites for hydroxylation is 2. The SMILES string of the molecule is C[C@@H](Nc1cc(-n2ccnc2)nc(CCc2cccc(Cl)c2)n1)C(=O)NCc1ccc(Cl)cc1. The van der Waals surface area contributed by atoms with Crippen LogP contribution in [-0.4, -0.2) is 31.5 Å². The Labute approximate surface area is 208 Å². The van der Waals surface area contributed by atoms with Crippen LogP contribution in [0.2, 0.25) is 10.0 Å². The number of nitrogens with one attached hydrogen (secondary N) is 2. The molecule has 4 rings (SSSR count). The van der Waals surface area contributed by atoms with Crippen molar-refractivity contribution in [2.75, 3.05) is 5.32 Å². The molecule has 174 valence electrons. The van der Waals surface area contributed by atoms with Crippen LogP contribution >= 0.6 is 23.2 Å². The molecule has 2 aromatic heterocycles. The third-order valence-electron chi connectivity index (χ3n) is 5.19. The van der Waals surface area contributed by atoms with Gasteiger partial charge in [-0.15, -0.1) is 0 Å². The summed E-state index contributed by atoms with van der Waals surface area (Å²) in [6.45, 7) is 2.21. The molecule has 1 amide bonds. The smallest absolute Gasteiger partial charge is 0.242 e. The van der Waals surface area contributed by atoms with Gasteiger partial charge in [-0.3, -0.25) is 9.36 Å². The number of anilines is 1. The topological polar surface area (TPSA) is 84.7 Å². The molecule has 4 aromatic rings. The molecule has 0 fully saturated rings. The van der Waals surface area contributed by atoms with E-state index in [1.807, 2.05) is 42.6 Å². The largest absolute Gasteiger partial charge is 0.358 e. The lowest BCUT2D eigenvalue weighted by Gasteiger charge is -2.16. The first-order chi connectivity index (χ1) is 16.5. The van der Waals surface area contributed by atoms with Crippen molar-refractivity contribution in [3.8, 4) is 5.82 Å². The first-order valence-electron chi connectivity index (χ1n) is 10.9. The van der Waals surface area contributed by atoms with Crippen LogP contribution in [0.4, 0.5) is 5.82 Å². The van der Waals surface area contributed by atoms with Gasteiger partial charge in [0.25, 0.3) is 0 Å². The molecule has 0 spiro atoms. The van der Waals surface area contributed by atoms with Crippen molar-refractivity contribution < 1.29 is 4.79 Å². The molecule has 0 aliphatic heterocycles. The minimum absolute atomic E-state index is 0.141. The fourth-order valence-corrected chi connectivity index (χ4v) is 3.72. The molecular weight excluding hydrogens is 471 g/mol. The first-order valence-corrected chi connectivity index (χ1v) is 11.6. The molecule has 2 aromatic carbocycles. The van der Waals surface area contributed by atoms with E-state index in [-0.39, 0.29) is 5.91 Å². The van der Waals surface area contributed by atoms with Gasteiger partial charge in [-0.1, -0.05) is 47.5 Å². The lowest BCUT2D eigenvalue weighted by atomic mass is 10.1. The summed E-state index contributed by atoms with van der Waals surface area (Å²) in [5, 5.41) is 7.49. The van der Waals surface area contributed by atoms with Crippen LogP contribution in [-0.2, 0) is 24.2 Å². The molecule has 0 bridgehead atoms. The predicted molar refractivity (Wildman–Crippen MR) is 134 cm³/mol. The van der Waals surface area contributed by atoms with E-state index >= 15 is 0 Å². The lowest BCUT2D eigenvalue weighted by molar-refractivity contribution is -0.121. The molecule has 1 atom stereocenters. The van der Waals surface area contributed by atoms with Crippen molar-refractivity contribution in [3.63, 3.8) is 0 Å². The molecule has 7 nitrogen and oxygen atoms in total. The molecule has 0 aliphatic rings. The van der Waals surface area contributed by atoms with E-state index in [1.165, 1.54) is 0 Å². The standard InChI is InChI=1S/C25H24Cl2N6O/c1-17(25(34)29-15-19-5-8-20(26)9-6-19)30-23-14-24(33-12-11-28-16-33)32-22(31-23)10-7-18-3-2-4-21(27)13-18/h2-6,8-9,11-14,16-17H,7,10,15H2,1H3,(H,29,34)(H,30,31,32)/t17-/m1/s1. The Bertz CT molecular complexity index is 1240. The summed E-state index contributed by atoms with van der Waals surface area (Å²) in [5.74, 6) is 1.75. The van der Waals surface area contributed by atoms with Gasteiger partial charge in [-0.05, 0) is 48.7 Å². The number of benzene rings is 2. The summed E-state index contributed by atoms with van der Waals surface area (Å²) in [6, 6.07) is 16.4. The van der Waals surface area contributed by atoms with Crippen molar-refractivity contribution in [1.29, 1.82) is 0 Å². The maximum atomic E-state index is 12.7.